The standard InChI is InChI=1S/C12H8B2O6P/c13-19-14-20-21(16)18-12-8-4-2-1-3-7(8)11-9(10(12)15)5-6-17-11/h1-6,15-16H/p-1. The van der Waals surface area contributed by atoms with Crippen molar-refractivity contribution in [1.82, 2.24) is 0 Å². The third kappa shape index (κ3) is 2.59. The monoisotopic (exact) mass is 300 g/mol. The van der Waals surface area contributed by atoms with Crippen molar-refractivity contribution in [2.75, 3.05) is 0 Å². The highest BCUT2D eigenvalue weighted by Gasteiger charge is 2.16. The van der Waals surface area contributed by atoms with Gasteiger partial charge in [-0.15, -0.1) is 0 Å². The van der Waals surface area contributed by atoms with Crippen LogP contribution in [0.5, 0.6) is 11.5 Å². The van der Waals surface area contributed by atoms with Crippen LogP contribution in [0.3, 0.4) is 0 Å². The van der Waals surface area contributed by atoms with Crippen molar-refractivity contribution in [1.29, 1.82) is 0 Å². The van der Waals surface area contributed by atoms with E-state index in [1.54, 1.807) is 24.3 Å². The molecule has 3 aromatic rings. The minimum atomic E-state index is -2.38. The zero-order chi connectivity index (χ0) is 14.8. The summed E-state index contributed by atoms with van der Waals surface area (Å²) in [4.78, 5) is 9.63. The maximum absolute atomic E-state index is 12.4. The van der Waals surface area contributed by atoms with Crippen molar-refractivity contribution in [2.24, 2.45) is 0 Å². The molecule has 1 heterocycles. The van der Waals surface area contributed by atoms with E-state index in [1.807, 2.05) is 6.07 Å². The first kappa shape index (κ1) is 14.2. The maximum Gasteiger partial charge on any atom is 0.478 e. The molecule has 0 spiro atoms. The minimum Gasteiger partial charge on any atom is -0.869 e. The van der Waals surface area contributed by atoms with Crippen LogP contribution in [-0.2, 0) is 9.01 Å². The molecule has 0 aliphatic carbocycles. The molecular formula is C12H7B2O6P-. The van der Waals surface area contributed by atoms with Gasteiger partial charge in [-0.1, -0.05) is 30.0 Å². The molecule has 3 radical (unpaired) electrons. The van der Waals surface area contributed by atoms with E-state index in [9.17, 15) is 10.00 Å². The van der Waals surface area contributed by atoms with Crippen molar-refractivity contribution in [3.05, 3.63) is 36.6 Å². The van der Waals surface area contributed by atoms with Gasteiger partial charge in [0.25, 0.3) is 8.05 Å². The Morgan fingerprint density at radius 1 is 1.19 bits per heavy atom. The Kier molecular flexibility index (Phi) is 4.03. The molecule has 1 aromatic heterocycles. The van der Waals surface area contributed by atoms with Crippen LogP contribution >= 0.6 is 8.60 Å². The molecule has 103 valence electrons. The summed E-state index contributed by atoms with van der Waals surface area (Å²) in [6.45, 7) is 0. The van der Waals surface area contributed by atoms with Crippen molar-refractivity contribution >= 4 is 46.1 Å². The molecule has 9 heteroatoms. The molecule has 0 aliphatic rings. The lowest BCUT2D eigenvalue weighted by Gasteiger charge is -2.20. The topological polar surface area (TPSA) is 84.1 Å². The van der Waals surface area contributed by atoms with Gasteiger partial charge in [0.1, 0.15) is 11.3 Å². The maximum atomic E-state index is 12.4. The van der Waals surface area contributed by atoms with Gasteiger partial charge in [-0.05, 0) is 6.07 Å². The van der Waals surface area contributed by atoms with Crippen molar-refractivity contribution < 1.29 is 28.0 Å². The average molecular weight is 300 g/mol. The van der Waals surface area contributed by atoms with E-state index in [0.717, 1.165) is 7.69 Å². The van der Waals surface area contributed by atoms with Gasteiger partial charge in [0, 0.05) is 16.2 Å². The van der Waals surface area contributed by atoms with Crippen LogP contribution < -0.4 is 9.63 Å². The van der Waals surface area contributed by atoms with Gasteiger partial charge in [0.2, 0.25) is 0 Å². The normalized spacial score (nSPS) is 12.6. The van der Waals surface area contributed by atoms with Crippen LogP contribution in [0.2, 0.25) is 0 Å². The number of benzene rings is 2. The molecule has 0 saturated heterocycles. The molecule has 1 N–H and O–H groups in total. The predicted octanol–water partition coefficient (Wildman–Crippen LogP) is 1.91. The molecular weight excluding hydrogens is 293 g/mol. The molecule has 3 rings (SSSR count). The SMILES string of the molecule is [B]O[B]OP(O)Oc1c([O-])c2ccoc2c2ccccc12. The molecule has 0 aliphatic heterocycles. The lowest BCUT2D eigenvalue weighted by molar-refractivity contribution is -0.266. The molecule has 1 unspecified atom stereocenters. The fourth-order valence-electron chi connectivity index (χ4n) is 2.07. The Labute approximate surface area is 123 Å². The molecule has 6 nitrogen and oxygen atoms in total. The molecule has 0 fully saturated rings. The van der Waals surface area contributed by atoms with Crippen LogP contribution in [0, 0.1) is 0 Å². The van der Waals surface area contributed by atoms with Gasteiger partial charge >= 0.3 is 16.3 Å². The largest absolute Gasteiger partial charge is 0.869 e. The second kappa shape index (κ2) is 5.95. The number of hydrogen-bond donors (Lipinski definition) is 1. The Morgan fingerprint density at radius 2 is 1.95 bits per heavy atom. The summed E-state index contributed by atoms with van der Waals surface area (Å²) in [5, 5.41) is 14.0. The second-order valence-electron chi connectivity index (χ2n) is 4.03. The summed E-state index contributed by atoms with van der Waals surface area (Å²) in [7, 11) is 3.07. The number of furan rings is 1. The fourth-order valence-corrected chi connectivity index (χ4v) is 2.58. The Bertz CT molecular complexity index is 777. The summed E-state index contributed by atoms with van der Waals surface area (Å²) in [5.74, 6) is -0.408. The smallest absolute Gasteiger partial charge is 0.478 e. The number of rotatable bonds is 5. The van der Waals surface area contributed by atoms with Crippen LogP contribution in [0.25, 0.3) is 21.7 Å². The lowest BCUT2D eigenvalue weighted by Crippen LogP contribution is -2.03. The van der Waals surface area contributed by atoms with Gasteiger partial charge in [-0.25, -0.2) is 0 Å². The van der Waals surface area contributed by atoms with E-state index in [0.29, 0.717) is 21.7 Å². The molecule has 2 aromatic carbocycles. The predicted molar refractivity (Wildman–Crippen MR) is 76.6 cm³/mol. The molecule has 0 bridgehead atoms. The van der Waals surface area contributed by atoms with Crippen LogP contribution in [-0.4, -0.2) is 20.6 Å². The second-order valence-corrected chi connectivity index (χ2v) is 4.90. The molecule has 0 saturated carbocycles. The first-order valence-corrected chi connectivity index (χ1v) is 6.95. The number of fused-ring (bicyclic) bond motifs is 3. The zero-order valence-corrected chi connectivity index (χ0v) is 11.4. The van der Waals surface area contributed by atoms with Crippen LogP contribution in [0.4, 0.5) is 0 Å². The summed E-state index contributed by atoms with van der Waals surface area (Å²) < 4.78 is 19.3. The Balaban J connectivity index is 2.12. The fraction of sp³-hybridized carbons (Fsp3) is 0. The third-order valence-electron chi connectivity index (χ3n) is 2.89. The van der Waals surface area contributed by atoms with Crippen molar-refractivity contribution in [3.63, 3.8) is 0 Å². The van der Waals surface area contributed by atoms with Crippen LogP contribution in [0.1, 0.15) is 0 Å². The van der Waals surface area contributed by atoms with E-state index in [-0.39, 0.29) is 5.75 Å². The Morgan fingerprint density at radius 3 is 2.71 bits per heavy atom. The highest BCUT2D eigenvalue weighted by molar-refractivity contribution is 7.42. The van der Waals surface area contributed by atoms with E-state index in [2.05, 4.69) is 9.01 Å². The lowest BCUT2D eigenvalue weighted by atomic mass is 10.1. The first-order chi connectivity index (χ1) is 10.2. The van der Waals surface area contributed by atoms with Gasteiger partial charge in [0.05, 0.1) is 6.26 Å². The van der Waals surface area contributed by atoms with E-state index < -0.39 is 14.4 Å². The highest BCUT2D eigenvalue weighted by atomic mass is 31.2. The quantitative estimate of drug-likeness (QED) is 0.572. The van der Waals surface area contributed by atoms with Gasteiger partial charge in [-0.2, -0.15) is 0 Å². The summed E-state index contributed by atoms with van der Waals surface area (Å²) in [6, 6.07) is 8.60. The minimum absolute atomic E-state index is 0.0152. The van der Waals surface area contributed by atoms with Gasteiger partial charge in [-0.3, -0.25) is 0 Å². The van der Waals surface area contributed by atoms with Gasteiger partial charge < -0.3 is 28.0 Å². The Hall–Kier alpha value is -1.72. The zero-order valence-electron chi connectivity index (χ0n) is 10.6. The summed E-state index contributed by atoms with van der Waals surface area (Å²) in [6.07, 6.45) is 1.43. The molecule has 0 amide bonds. The summed E-state index contributed by atoms with van der Waals surface area (Å²) in [5.41, 5.74) is 0.475. The van der Waals surface area contributed by atoms with E-state index >= 15 is 0 Å². The van der Waals surface area contributed by atoms with Crippen LogP contribution in [0.15, 0.2) is 41.0 Å². The molecule has 21 heavy (non-hydrogen) atoms. The first-order valence-electron chi connectivity index (χ1n) is 5.82. The van der Waals surface area contributed by atoms with E-state index in [1.165, 1.54) is 6.26 Å². The third-order valence-corrected chi connectivity index (χ3v) is 3.50. The number of hydrogen-bond acceptors (Lipinski definition) is 6. The van der Waals surface area contributed by atoms with Gasteiger partial charge in [0.15, 0.2) is 0 Å². The van der Waals surface area contributed by atoms with Crippen molar-refractivity contribution in [2.45, 2.75) is 0 Å². The van der Waals surface area contributed by atoms with Crippen molar-refractivity contribution in [3.8, 4) is 11.5 Å². The average Bonchev–Trinajstić information content (AvgIpc) is 2.99. The summed E-state index contributed by atoms with van der Waals surface area (Å²) >= 11 is 0. The van der Waals surface area contributed by atoms with E-state index in [4.69, 9.17) is 17.0 Å². The highest BCUT2D eigenvalue weighted by Crippen LogP contribution is 2.46. The molecule has 1 atom stereocenters.